The number of rotatable bonds is 1. The lowest BCUT2D eigenvalue weighted by atomic mass is 9.98. The summed E-state index contributed by atoms with van der Waals surface area (Å²) in [4.78, 5) is 11.8. The van der Waals surface area contributed by atoms with Gasteiger partial charge in [0.2, 0.25) is 0 Å². The second kappa shape index (κ2) is 3.65. The SMILES string of the molecule is O=C1CCCc2c1sc(Br)c2S(=O)(=O)O. The number of thiophene rings is 1. The average Bonchev–Trinajstić information content (AvgIpc) is 2.41. The van der Waals surface area contributed by atoms with Crippen LogP contribution >= 0.6 is 27.3 Å². The third-order valence-corrected chi connectivity index (χ3v) is 5.56. The largest absolute Gasteiger partial charge is 0.296 e. The van der Waals surface area contributed by atoms with Crippen molar-refractivity contribution in [2.24, 2.45) is 0 Å². The molecule has 0 aromatic carbocycles. The Morgan fingerprint density at radius 2 is 2.00 bits per heavy atom. The summed E-state index contributed by atoms with van der Waals surface area (Å²) in [6, 6.07) is 0. The highest BCUT2D eigenvalue weighted by atomic mass is 79.9. The van der Waals surface area contributed by atoms with Gasteiger partial charge in [0, 0.05) is 6.42 Å². The minimum atomic E-state index is -4.24. The zero-order chi connectivity index (χ0) is 11.2. The van der Waals surface area contributed by atoms with E-state index in [1.165, 1.54) is 0 Å². The number of hydrogen-bond donors (Lipinski definition) is 1. The molecular weight excluding hydrogens is 304 g/mol. The lowest BCUT2D eigenvalue weighted by molar-refractivity contribution is 0.0976. The van der Waals surface area contributed by atoms with Gasteiger partial charge in [0.05, 0.1) is 8.66 Å². The van der Waals surface area contributed by atoms with E-state index in [2.05, 4.69) is 15.9 Å². The summed E-state index contributed by atoms with van der Waals surface area (Å²) in [5.41, 5.74) is 0.464. The maximum atomic E-state index is 11.5. The molecule has 0 spiro atoms. The fourth-order valence-electron chi connectivity index (χ4n) is 1.67. The fraction of sp³-hybridized carbons (Fsp3) is 0.375. The van der Waals surface area contributed by atoms with Crippen LogP contribution in [-0.2, 0) is 16.5 Å². The molecule has 1 aliphatic carbocycles. The summed E-state index contributed by atoms with van der Waals surface area (Å²) >= 11 is 4.15. The van der Waals surface area contributed by atoms with Gasteiger partial charge in [-0.2, -0.15) is 8.42 Å². The first-order chi connectivity index (χ1) is 6.91. The molecule has 15 heavy (non-hydrogen) atoms. The second-order valence-electron chi connectivity index (χ2n) is 3.26. The number of hydrogen-bond acceptors (Lipinski definition) is 4. The van der Waals surface area contributed by atoms with E-state index in [0.29, 0.717) is 33.5 Å². The molecule has 7 heteroatoms. The molecule has 1 N–H and O–H groups in total. The van der Waals surface area contributed by atoms with E-state index in [9.17, 15) is 13.2 Å². The van der Waals surface area contributed by atoms with Gasteiger partial charge in [-0.3, -0.25) is 9.35 Å². The third-order valence-electron chi connectivity index (χ3n) is 2.26. The molecule has 0 saturated carbocycles. The Kier molecular flexibility index (Phi) is 2.74. The quantitative estimate of drug-likeness (QED) is 0.808. The smallest absolute Gasteiger partial charge is 0.293 e. The van der Waals surface area contributed by atoms with Crippen molar-refractivity contribution in [1.82, 2.24) is 0 Å². The molecular formula is C8H7BrO4S2. The van der Waals surface area contributed by atoms with Crippen molar-refractivity contribution in [3.63, 3.8) is 0 Å². The monoisotopic (exact) mass is 310 g/mol. The molecule has 0 bridgehead atoms. The van der Waals surface area contributed by atoms with E-state index in [-0.39, 0.29) is 10.7 Å². The Hall–Kier alpha value is -0.240. The summed E-state index contributed by atoms with van der Waals surface area (Å²) < 4.78 is 31.6. The lowest BCUT2D eigenvalue weighted by Crippen LogP contribution is -2.10. The first kappa shape index (κ1) is 11.3. The van der Waals surface area contributed by atoms with Gasteiger partial charge >= 0.3 is 0 Å². The first-order valence-corrected chi connectivity index (χ1v) is 7.28. The highest BCUT2D eigenvalue weighted by molar-refractivity contribution is 9.11. The summed E-state index contributed by atoms with van der Waals surface area (Å²) in [6.07, 6.45) is 1.61. The van der Waals surface area contributed by atoms with Gasteiger partial charge < -0.3 is 0 Å². The number of carbonyl (C=O) groups is 1. The van der Waals surface area contributed by atoms with E-state index >= 15 is 0 Å². The number of ketones is 1. The normalized spacial score (nSPS) is 16.5. The van der Waals surface area contributed by atoms with E-state index in [1.807, 2.05) is 0 Å². The van der Waals surface area contributed by atoms with Crippen LogP contribution in [0.3, 0.4) is 0 Å². The molecule has 0 amide bonds. The van der Waals surface area contributed by atoms with Crippen LogP contribution in [0.25, 0.3) is 0 Å². The number of Topliss-reactive ketones (excluding diaryl/α,β-unsaturated/α-hetero) is 1. The van der Waals surface area contributed by atoms with Crippen molar-refractivity contribution in [3.8, 4) is 0 Å². The standard InChI is InChI=1S/C8H7BrO4S2/c9-8-7(15(11,12)13)4-2-1-3-5(10)6(4)14-8/h1-3H2,(H,11,12,13). The number of halogens is 1. The molecule has 1 aliphatic rings. The van der Waals surface area contributed by atoms with E-state index < -0.39 is 10.1 Å². The van der Waals surface area contributed by atoms with Crippen LogP contribution in [0, 0.1) is 0 Å². The third kappa shape index (κ3) is 1.89. The van der Waals surface area contributed by atoms with Crippen molar-refractivity contribution >= 4 is 43.2 Å². The van der Waals surface area contributed by atoms with Gasteiger partial charge in [-0.15, -0.1) is 11.3 Å². The van der Waals surface area contributed by atoms with Crippen LogP contribution in [0.5, 0.6) is 0 Å². The van der Waals surface area contributed by atoms with E-state index in [0.717, 1.165) is 11.3 Å². The van der Waals surface area contributed by atoms with Crippen LogP contribution < -0.4 is 0 Å². The predicted octanol–water partition coefficient (Wildman–Crippen LogP) is 2.28. The van der Waals surface area contributed by atoms with Crippen LogP contribution in [-0.4, -0.2) is 18.8 Å². The van der Waals surface area contributed by atoms with Crippen LogP contribution in [0.15, 0.2) is 8.68 Å². The lowest BCUT2D eigenvalue weighted by Gasteiger charge is -2.10. The zero-order valence-corrected chi connectivity index (χ0v) is 10.7. The maximum Gasteiger partial charge on any atom is 0.296 e. The Morgan fingerprint density at radius 1 is 1.33 bits per heavy atom. The Labute approximate surface area is 99.2 Å². The Balaban J connectivity index is 2.73. The minimum absolute atomic E-state index is 0.0446. The van der Waals surface area contributed by atoms with Crippen LogP contribution in [0.1, 0.15) is 28.1 Å². The summed E-state index contributed by atoms with van der Waals surface area (Å²) in [7, 11) is -4.24. The van der Waals surface area contributed by atoms with Crippen molar-refractivity contribution in [2.45, 2.75) is 24.2 Å². The topological polar surface area (TPSA) is 71.4 Å². The van der Waals surface area contributed by atoms with Crippen molar-refractivity contribution in [3.05, 3.63) is 14.2 Å². The van der Waals surface area contributed by atoms with Gasteiger partial charge in [-0.1, -0.05) is 0 Å². The molecule has 1 heterocycles. The molecule has 0 saturated heterocycles. The Morgan fingerprint density at radius 3 is 2.60 bits per heavy atom. The van der Waals surface area contributed by atoms with E-state index in [4.69, 9.17) is 4.55 Å². The number of fused-ring (bicyclic) bond motifs is 1. The highest BCUT2D eigenvalue weighted by Crippen LogP contribution is 2.40. The summed E-state index contributed by atoms with van der Waals surface area (Å²) in [5.74, 6) is -0.0446. The minimum Gasteiger partial charge on any atom is -0.293 e. The van der Waals surface area contributed by atoms with Crippen molar-refractivity contribution in [2.75, 3.05) is 0 Å². The maximum absolute atomic E-state index is 11.5. The van der Waals surface area contributed by atoms with E-state index in [1.54, 1.807) is 0 Å². The summed E-state index contributed by atoms with van der Waals surface area (Å²) in [6.45, 7) is 0. The average molecular weight is 311 g/mol. The molecule has 4 nitrogen and oxygen atoms in total. The van der Waals surface area contributed by atoms with Gasteiger partial charge in [0.25, 0.3) is 10.1 Å². The predicted molar refractivity (Wildman–Crippen MR) is 59.1 cm³/mol. The van der Waals surface area contributed by atoms with Crippen molar-refractivity contribution < 1.29 is 17.8 Å². The zero-order valence-electron chi connectivity index (χ0n) is 7.49. The van der Waals surface area contributed by atoms with Crippen LogP contribution in [0.4, 0.5) is 0 Å². The van der Waals surface area contributed by atoms with Gasteiger partial charge in [-0.05, 0) is 34.3 Å². The van der Waals surface area contributed by atoms with Gasteiger partial charge in [-0.25, -0.2) is 0 Å². The first-order valence-electron chi connectivity index (χ1n) is 4.23. The van der Waals surface area contributed by atoms with Gasteiger partial charge in [0.15, 0.2) is 5.78 Å². The molecule has 2 rings (SSSR count). The molecule has 1 aromatic rings. The molecule has 1 aromatic heterocycles. The molecule has 0 radical (unpaired) electrons. The number of carbonyl (C=O) groups excluding carboxylic acids is 1. The molecule has 0 atom stereocenters. The van der Waals surface area contributed by atoms with Crippen molar-refractivity contribution in [1.29, 1.82) is 0 Å². The van der Waals surface area contributed by atoms with Crippen LogP contribution in [0.2, 0.25) is 0 Å². The summed E-state index contributed by atoms with van der Waals surface area (Å²) in [5, 5.41) is 0. The fourth-order valence-corrected chi connectivity index (χ4v) is 5.17. The Bertz CT molecular complexity index is 529. The molecule has 0 aliphatic heterocycles. The molecule has 82 valence electrons. The molecule has 0 unspecified atom stereocenters. The highest BCUT2D eigenvalue weighted by Gasteiger charge is 2.30. The molecule has 0 fully saturated rings. The van der Waals surface area contributed by atoms with Gasteiger partial charge in [0.1, 0.15) is 4.90 Å². The second-order valence-corrected chi connectivity index (χ2v) is 6.96.